The maximum Gasteiger partial charge on any atom is 0.104 e. The van der Waals surface area contributed by atoms with Crippen molar-refractivity contribution in [3.05, 3.63) is 18.2 Å². The van der Waals surface area contributed by atoms with Gasteiger partial charge in [-0.05, 0) is 6.92 Å². The largest absolute Gasteiger partial charge is 0.349 e. The molecule has 1 aromatic heterocycles. The average Bonchev–Trinajstić information content (AvgIpc) is 1.85. The molecular weight excluding hydrogens is 76.1 g/mol. The van der Waals surface area contributed by atoms with Crippen LogP contribution in [-0.2, 0) is 0 Å². The second-order valence-electron chi connectivity index (χ2n) is 1.09. The Hall–Kier alpha value is -0.790. The van der Waals surface area contributed by atoms with Gasteiger partial charge < -0.3 is 4.98 Å². The predicted molar refractivity (Wildman–Crippen MR) is 23.3 cm³/mol. The van der Waals surface area contributed by atoms with Crippen molar-refractivity contribution in [2.24, 2.45) is 0 Å². The standard InChI is InChI=1S/C4H6N2/c1-4-2-5-3-6-4/h2-3H,1H3,(H,5,6)/i2D,3D. The number of aromatic amines is 1. The molecule has 1 rings (SSSR count). The summed E-state index contributed by atoms with van der Waals surface area (Å²) in [6.45, 7) is 1.72. The van der Waals surface area contributed by atoms with Crippen molar-refractivity contribution in [2.45, 2.75) is 6.92 Å². The topological polar surface area (TPSA) is 28.7 Å². The molecule has 0 spiro atoms. The number of hydrogen-bond acceptors (Lipinski definition) is 1. The van der Waals surface area contributed by atoms with Gasteiger partial charge in [-0.3, -0.25) is 0 Å². The molecule has 0 aliphatic carbocycles. The van der Waals surface area contributed by atoms with Gasteiger partial charge in [0, 0.05) is 11.9 Å². The molecule has 2 nitrogen and oxygen atoms in total. The molecule has 1 aromatic rings. The minimum atomic E-state index is 0.0625. The molecule has 0 radical (unpaired) electrons. The van der Waals surface area contributed by atoms with E-state index in [9.17, 15) is 0 Å². The van der Waals surface area contributed by atoms with Crippen LogP contribution in [-0.4, -0.2) is 9.97 Å². The first kappa shape index (κ1) is 1.78. The molecule has 0 aliphatic heterocycles. The summed E-state index contributed by atoms with van der Waals surface area (Å²) in [6, 6.07) is 0. The smallest absolute Gasteiger partial charge is 0.104 e. The zero-order valence-corrected chi connectivity index (χ0v) is 3.45. The Morgan fingerprint density at radius 1 is 2.17 bits per heavy atom. The summed E-state index contributed by atoms with van der Waals surface area (Å²) < 4.78 is 13.8. The third-order valence-electron chi connectivity index (χ3n) is 0.523. The summed E-state index contributed by atoms with van der Waals surface area (Å²) >= 11 is 0. The number of imidazole rings is 1. The molecule has 6 heavy (non-hydrogen) atoms. The lowest BCUT2D eigenvalue weighted by molar-refractivity contribution is 1.25. The molecule has 0 atom stereocenters. The van der Waals surface area contributed by atoms with Crippen LogP contribution in [0.25, 0.3) is 0 Å². The van der Waals surface area contributed by atoms with Crippen molar-refractivity contribution >= 4 is 0 Å². The number of hydrogen-bond donors (Lipinski definition) is 1. The quantitative estimate of drug-likeness (QED) is 0.493. The fraction of sp³-hybridized carbons (Fsp3) is 0.250. The molecule has 0 unspecified atom stereocenters. The first-order valence-electron chi connectivity index (χ1n) is 2.70. The summed E-state index contributed by atoms with van der Waals surface area (Å²) in [7, 11) is 0. The molecule has 0 saturated carbocycles. The molecule has 0 aromatic carbocycles. The Morgan fingerprint density at radius 2 is 3.00 bits per heavy atom. The van der Waals surface area contributed by atoms with Crippen LogP contribution in [0.15, 0.2) is 12.5 Å². The summed E-state index contributed by atoms with van der Waals surface area (Å²) in [6.07, 6.45) is 0.225. The van der Waals surface area contributed by atoms with Crippen LogP contribution in [0, 0.1) is 6.92 Å². The monoisotopic (exact) mass is 84.1 g/mol. The molecule has 1 N–H and O–H groups in total. The lowest BCUT2D eigenvalue weighted by Gasteiger charge is -1.67. The van der Waals surface area contributed by atoms with Crippen molar-refractivity contribution in [3.8, 4) is 0 Å². The molecule has 0 aliphatic rings. The van der Waals surface area contributed by atoms with Gasteiger partial charge in [0.25, 0.3) is 0 Å². The number of aryl methyl sites for hydroxylation is 1. The second kappa shape index (κ2) is 1.12. The third-order valence-corrected chi connectivity index (χ3v) is 0.523. The van der Waals surface area contributed by atoms with E-state index >= 15 is 0 Å². The summed E-state index contributed by atoms with van der Waals surface area (Å²) in [5.41, 5.74) is 0.648. The van der Waals surface area contributed by atoms with Gasteiger partial charge >= 0.3 is 0 Å². The molecule has 2 heteroatoms. The highest BCUT2D eigenvalue weighted by molar-refractivity contribution is 4.87. The highest BCUT2D eigenvalue weighted by Gasteiger charge is 1.73. The zero-order valence-electron chi connectivity index (χ0n) is 5.45. The lowest BCUT2D eigenvalue weighted by atomic mass is 10.6. The average molecular weight is 84.1 g/mol. The van der Waals surface area contributed by atoms with E-state index in [-0.39, 0.29) is 12.5 Å². The highest BCUT2D eigenvalue weighted by atomic mass is 14.8. The normalized spacial score (nSPS) is 13.5. The zero-order chi connectivity index (χ0) is 6.15. The first-order valence-corrected chi connectivity index (χ1v) is 1.70. The lowest BCUT2D eigenvalue weighted by Crippen LogP contribution is -1.59. The first-order chi connectivity index (χ1) is 3.70. The van der Waals surface area contributed by atoms with E-state index in [1.54, 1.807) is 6.92 Å². The fourth-order valence-electron chi connectivity index (χ4n) is 0.252. The summed E-state index contributed by atoms with van der Waals surface area (Å²) in [5, 5.41) is 0. The Bertz CT molecular complexity index is 174. The van der Waals surface area contributed by atoms with Gasteiger partial charge in [0.1, 0.15) is 1.37 Å². The molecule has 0 bridgehead atoms. The van der Waals surface area contributed by atoms with E-state index in [1.807, 2.05) is 0 Å². The van der Waals surface area contributed by atoms with E-state index in [4.69, 9.17) is 2.74 Å². The van der Waals surface area contributed by atoms with Crippen molar-refractivity contribution in [1.29, 1.82) is 0 Å². The van der Waals surface area contributed by atoms with Gasteiger partial charge in [0.05, 0.1) is 7.67 Å². The van der Waals surface area contributed by atoms with Crippen LogP contribution >= 0.6 is 0 Å². The summed E-state index contributed by atoms with van der Waals surface area (Å²) in [4.78, 5) is 6.06. The van der Waals surface area contributed by atoms with Gasteiger partial charge in [-0.25, -0.2) is 4.98 Å². The minimum Gasteiger partial charge on any atom is -0.349 e. The van der Waals surface area contributed by atoms with Crippen LogP contribution in [0.2, 0.25) is 0 Å². The fourth-order valence-corrected chi connectivity index (χ4v) is 0.252. The third kappa shape index (κ3) is 0.407. The van der Waals surface area contributed by atoms with Crippen LogP contribution in [0.5, 0.6) is 0 Å². The molecule has 0 fully saturated rings. The minimum absolute atomic E-state index is 0.0625. The Balaban J connectivity index is 3.14. The van der Waals surface area contributed by atoms with Crippen molar-refractivity contribution < 1.29 is 2.74 Å². The van der Waals surface area contributed by atoms with Crippen LogP contribution in [0.3, 0.4) is 0 Å². The Labute approximate surface area is 39.0 Å². The molecular formula is C4H6N2. The number of aromatic nitrogens is 2. The number of H-pyrrole nitrogens is 1. The number of rotatable bonds is 0. The maximum atomic E-state index is 6.98. The van der Waals surface area contributed by atoms with Crippen LogP contribution in [0.4, 0.5) is 0 Å². The Morgan fingerprint density at radius 3 is 3.17 bits per heavy atom. The molecule has 32 valence electrons. The highest BCUT2D eigenvalue weighted by Crippen LogP contribution is 1.81. The van der Waals surface area contributed by atoms with Crippen molar-refractivity contribution in [1.82, 2.24) is 9.97 Å². The molecule has 0 amide bonds. The van der Waals surface area contributed by atoms with E-state index in [0.29, 0.717) is 5.69 Å². The van der Waals surface area contributed by atoms with Gasteiger partial charge in [0.2, 0.25) is 0 Å². The summed E-state index contributed by atoms with van der Waals surface area (Å²) in [5.74, 6) is 0. The van der Waals surface area contributed by atoms with Gasteiger partial charge in [-0.15, -0.1) is 0 Å². The molecule has 0 saturated heterocycles. The van der Waals surface area contributed by atoms with E-state index in [0.717, 1.165) is 0 Å². The van der Waals surface area contributed by atoms with E-state index in [1.165, 1.54) is 0 Å². The number of nitrogens with zero attached hydrogens (tertiary/aromatic N) is 1. The number of nitrogens with one attached hydrogen (secondary N) is 1. The predicted octanol–water partition coefficient (Wildman–Crippen LogP) is 0.718. The van der Waals surface area contributed by atoms with Crippen molar-refractivity contribution in [2.75, 3.05) is 0 Å². The Kier molecular flexibility index (Phi) is 0.333. The van der Waals surface area contributed by atoms with E-state index in [2.05, 4.69) is 9.97 Å². The van der Waals surface area contributed by atoms with Crippen LogP contribution in [0.1, 0.15) is 8.44 Å². The SMILES string of the molecule is [2H]c1nc([2H])c(C)[nH]1. The van der Waals surface area contributed by atoms with Crippen molar-refractivity contribution in [3.63, 3.8) is 0 Å². The maximum absolute atomic E-state index is 6.98. The van der Waals surface area contributed by atoms with Crippen LogP contribution < -0.4 is 0 Å². The second-order valence-corrected chi connectivity index (χ2v) is 1.09. The van der Waals surface area contributed by atoms with Gasteiger partial charge in [-0.1, -0.05) is 0 Å². The molecule has 1 heterocycles. The van der Waals surface area contributed by atoms with Gasteiger partial charge in [-0.2, -0.15) is 0 Å². The van der Waals surface area contributed by atoms with Gasteiger partial charge in [0.15, 0.2) is 0 Å². The van der Waals surface area contributed by atoms with E-state index < -0.39 is 0 Å².